The summed E-state index contributed by atoms with van der Waals surface area (Å²) in [7, 11) is 1.61. The molecule has 1 fully saturated rings. The summed E-state index contributed by atoms with van der Waals surface area (Å²) >= 11 is 0. The third-order valence-electron chi connectivity index (χ3n) is 5.10. The minimum absolute atomic E-state index is 0.104. The van der Waals surface area contributed by atoms with E-state index in [1.165, 1.54) is 6.07 Å². The van der Waals surface area contributed by atoms with Crippen LogP contribution in [-0.2, 0) is 12.0 Å². The van der Waals surface area contributed by atoms with Crippen LogP contribution in [0.4, 0.5) is 4.39 Å². The van der Waals surface area contributed by atoms with E-state index in [0.29, 0.717) is 24.6 Å². The quantitative estimate of drug-likeness (QED) is 0.510. The van der Waals surface area contributed by atoms with Gasteiger partial charge in [-0.2, -0.15) is 0 Å². The molecule has 0 heterocycles. The average Bonchev–Trinajstić information content (AvgIpc) is 3.51. The monoisotopic (exact) mass is 382 g/mol. The number of hydrogen-bond donors (Lipinski definition) is 3. The number of halogens is 1. The second-order valence-corrected chi connectivity index (χ2v) is 7.08. The highest BCUT2D eigenvalue weighted by Gasteiger charge is 2.45. The minimum Gasteiger partial charge on any atom is -0.357 e. The van der Waals surface area contributed by atoms with Gasteiger partial charge >= 0.3 is 0 Å². The average molecular weight is 382 g/mol. The number of hydrogen-bond acceptors (Lipinski definition) is 2. The molecule has 0 spiro atoms. The topological polar surface area (TPSA) is 65.5 Å². The van der Waals surface area contributed by atoms with Crippen molar-refractivity contribution < 1.29 is 9.18 Å². The minimum atomic E-state index is -0.142. The first-order valence-corrected chi connectivity index (χ1v) is 9.66. The Balaban J connectivity index is 1.63. The van der Waals surface area contributed by atoms with Crippen LogP contribution in [0.2, 0.25) is 0 Å². The zero-order valence-electron chi connectivity index (χ0n) is 16.4. The van der Waals surface area contributed by atoms with E-state index in [9.17, 15) is 9.18 Å². The van der Waals surface area contributed by atoms with Gasteiger partial charge in [0.15, 0.2) is 5.96 Å². The van der Waals surface area contributed by atoms with E-state index in [-0.39, 0.29) is 17.1 Å². The predicted molar refractivity (Wildman–Crippen MR) is 110 cm³/mol. The Labute approximate surface area is 165 Å². The molecular weight excluding hydrogens is 355 g/mol. The predicted octanol–water partition coefficient (Wildman–Crippen LogP) is 2.97. The Bertz CT molecular complexity index is 844. The number of nitrogens with zero attached hydrogens (tertiary/aromatic N) is 1. The lowest BCUT2D eigenvalue weighted by Crippen LogP contribution is -2.41. The molecule has 1 aliphatic rings. The Kier molecular flexibility index (Phi) is 6.29. The van der Waals surface area contributed by atoms with E-state index in [1.807, 2.05) is 31.2 Å². The standard InChI is InChI=1S/C22H27FN4O/c1-3-25-21(26-14-16-8-10-17(11-9-16)20(28)24-2)27-15-22(12-13-22)18-6-4-5-7-19(18)23/h4-11H,3,12-15H2,1-2H3,(H,24,28)(H2,25,26,27). The van der Waals surface area contributed by atoms with Crippen LogP contribution in [0.25, 0.3) is 0 Å². The molecule has 0 aliphatic heterocycles. The summed E-state index contributed by atoms with van der Waals surface area (Å²) in [5.74, 6) is 0.466. The maximum absolute atomic E-state index is 14.2. The van der Waals surface area contributed by atoms with Gasteiger partial charge in [-0.05, 0) is 49.1 Å². The second kappa shape index (κ2) is 8.87. The van der Waals surface area contributed by atoms with E-state index >= 15 is 0 Å². The van der Waals surface area contributed by atoms with Crippen molar-refractivity contribution >= 4 is 11.9 Å². The molecule has 2 aromatic carbocycles. The zero-order chi connectivity index (χ0) is 20.0. The second-order valence-electron chi connectivity index (χ2n) is 7.08. The lowest BCUT2D eigenvalue weighted by molar-refractivity contribution is 0.0963. The fraction of sp³-hybridized carbons (Fsp3) is 0.364. The maximum Gasteiger partial charge on any atom is 0.251 e. The van der Waals surface area contributed by atoms with E-state index in [2.05, 4.69) is 20.9 Å². The molecule has 0 radical (unpaired) electrons. The molecule has 3 rings (SSSR count). The van der Waals surface area contributed by atoms with E-state index < -0.39 is 0 Å². The van der Waals surface area contributed by atoms with Gasteiger partial charge in [-0.15, -0.1) is 0 Å². The lowest BCUT2D eigenvalue weighted by Gasteiger charge is -2.19. The van der Waals surface area contributed by atoms with Crippen LogP contribution < -0.4 is 16.0 Å². The van der Waals surface area contributed by atoms with Gasteiger partial charge in [0.1, 0.15) is 5.82 Å². The van der Waals surface area contributed by atoms with Crippen LogP contribution in [0.5, 0.6) is 0 Å². The molecule has 1 amide bonds. The molecule has 0 aromatic heterocycles. The SMILES string of the molecule is CCNC(=NCc1ccc(C(=O)NC)cc1)NCC1(c2ccccc2F)CC1. The molecule has 5 nitrogen and oxygen atoms in total. The van der Waals surface area contributed by atoms with Crippen LogP contribution in [0.15, 0.2) is 53.5 Å². The molecule has 6 heteroatoms. The molecule has 2 aromatic rings. The van der Waals surface area contributed by atoms with Crippen LogP contribution in [0, 0.1) is 5.82 Å². The molecule has 0 saturated heterocycles. The number of benzene rings is 2. The first kappa shape index (κ1) is 19.9. The molecule has 3 N–H and O–H groups in total. The van der Waals surface area contributed by atoms with Crippen LogP contribution in [-0.4, -0.2) is 32.0 Å². The van der Waals surface area contributed by atoms with E-state index in [1.54, 1.807) is 25.2 Å². The van der Waals surface area contributed by atoms with Gasteiger partial charge in [-0.25, -0.2) is 9.38 Å². The summed E-state index contributed by atoms with van der Waals surface area (Å²) in [6.07, 6.45) is 1.95. The van der Waals surface area contributed by atoms with Crippen molar-refractivity contribution in [1.29, 1.82) is 0 Å². The Morgan fingerprint density at radius 2 is 1.82 bits per heavy atom. The fourth-order valence-corrected chi connectivity index (χ4v) is 3.25. The maximum atomic E-state index is 14.2. The van der Waals surface area contributed by atoms with Crippen molar-refractivity contribution in [2.75, 3.05) is 20.1 Å². The first-order chi connectivity index (χ1) is 13.6. The summed E-state index contributed by atoms with van der Waals surface area (Å²) in [6, 6.07) is 14.4. The number of guanidine groups is 1. The number of nitrogens with one attached hydrogen (secondary N) is 3. The van der Waals surface area contributed by atoms with Crippen molar-refractivity contribution in [2.45, 2.75) is 31.7 Å². The summed E-state index contributed by atoms with van der Waals surface area (Å²) < 4.78 is 14.2. The van der Waals surface area contributed by atoms with Crippen molar-refractivity contribution in [1.82, 2.24) is 16.0 Å². The molecule has 0 unspecified atom stereocenters. The summed E-state index contributed by atoms with van der Waals surface area (Å²) in [5, 5.41) is 9.21. The first-order valence-electron chi connectivity index (χ1n) is 9.66. The van der Waals surface area contributed by atoms with Crippen molar-refractivity contribution in [3.05, 3.63) is 71.0 Å². The van der Waals surface area contributed by atoms with Gasteiger partial charge in [0.25, 0.3) is 5.91 Å². The van der Waals surface area contributed by atoms with E-state index in [4.69, 9.17) is 0 Å². The molecule has 1 saturated carbocycles. The number of aliphatic imine (C=N–C) groups is 1. The van der Waals surface area contributed by atoms with Crippen molar-refractivity contribution in [3.63, 3.8) is 0 Å². The molecular formula is C22H27FN4O. The fourth-order valence-electron chi connectivity index (χ4n) is 3.25. The van der Waals surface area contributed by atoms with Crippen LogP contribution in [0.3, 0.4) is 0 Å². The lowest BCUT2D eigenvalue weighted by atomic mass is 9.95. The third kappa shape index (κ3) is 4.68. The Hall–Kier alpha value is -2.89. The number of carbonyl (C=O) groups is 1. The van der Waals surface area contributed by atoms with Crippen LogP contribution >= 0.6 is 0 Å². The Morgan fingerprint density at radius 3 is 2.43 bits per heavy atom. The number of carbonyl (C=O) groups excluding carboxylic acids is 1. The zero-order valence-corrected chi connectivity index (χ0v) is 16.4. The normalized spacial score (nSPS) is 15.0. The van der Waals surface area contributed by atoms with Gasteiger partial charge in [0.2, 0.25) is 0 Å². The summed E-state index contributed by atoms with van der Waals surface area (Å²) in [5.41, 5.74) is 2.28. The smallest absolute Gasteiger partial charge is 0.251 e. The molecule has 1 aliphatic carbocycles. The van der Waals surface area contributed by atoms with Crippen LogP contribution in [0.1, 0.15) is 41.3 Å². The van der Waals surface area contributed by atoms with Gasteiger partial charge in [0.05, 0.1) is 6.54 Å². The van der Waals surface area contributed by atoms with Gasteiger partial charge < -0.3 is 16.0 Å². The Morgan fingerprint density at radius 1 is 1.11 bits per heavy atom. The summed E-state index contributed by atoms with van der Waals surface area (Å²) in [6.45, 7) is 3.90. The molecule has 0 atom stereocenters. The van der Waals surface area contributed by atoms with Gasteiger partial charge in [-0.1, -0.05) is 30.3 Å². The highest BCUT2D eigenvalue weighted by molar-refractivity contribution is 5.93. The van der Waals surface area contributed by atoms with E-state index in [0.717, 1.165) is 30.5 Å². The molecule has 0 bridgehead atoms. The van der Waals surface area contributed by atoms with Gasteiger partial charge in [-0.3, -0.25) is 4.79 Å². The number of amides is 1. The summed E-state index contributed by atoms with van der Waals surface area (Å²) in [4.78, 5) is 16.2. The highest BCUT2D eigenvalue weighted by atomic mass is 19.1. The molecule has 148 valence electrons. The highest BCUT2D eigenvalue weighted by Crippen LogP contribution is 2.48. The third-order valence-corrected chi connectivity index (χ3v) is 5.10. The molecule has 28 heavy (non-hydrogen) atoms. The van der Waals surface area contributed by atoms with Gasteiger partial charge in [0, 0.05) is 31.1 Å². The van der Waals surface area contributed by atoms with Crippen molar-refractivity contribution in [3.8, 4) is 0 Å². The largest absolute Gasteiger partial charge is 0.357 e. The van der Waals surface area contributed by atoms with Crippen molar-refractivity contribution in [2.24, 2.45) is 4.99 Å². The number of rotatable bonds is 7.